The number of benzene rings is 3. The summed E-state index contributed by atoms with van der Waals surface area (Å²) in [4.78, 5) is 35.8. The van der Waals surface area contributed by atoms with Crippen LogP contribution in [0.2, 0.25) is 0 Å². The number of nitrogens with one attached hydrogen (secondary N) is 2. The van der Waals surface area contributed by atoms with Gasteiger partial charge in [0, 0.05) is 12.5 Å². The zero-order valence-corrected chi connectivity index (χ0v) is 18.1. The number of aromatic carboxylic acids is 1. The summed E-state index contributed by atoms with van der Waals surface area (Å²) in [6.45, 7) is 1.87. The molecule has 7 nitrogen and oxygen atoms in total. The normalized spacial score (nSPS) is 12.9. The number of carbonyl (C=O) groups excluding carboxylic acids is 2. The van der Waals surface area contributed by atoms with Crippen molar-refractivity contribution in [3.8, 4) is 11.1 Å². The fourth-order valence-electron chi connectivity index (χ4n) is 4.04. The maximum atomic E-state index is 12.4. The van der Waals surface area contributed by atoms with Gasteiger partial charge in [0.15, 0.2) is 0 Å². The molecule has 0 aromatic heterocycles. The highest BCUT2D eigenvalue weighted by atomic mass is 16.5. The number of carbonyl (C=O) groups is 3. The topological polar surface area (TPSA) is 105 Å². The molecule has 0 radical (unpaired) electrons. The lowest BCUT2D eigenvalue weighted by Gasteiger charge is -2.17. The Balaban J connectivity index is 1.30. The van der Waals surface area contributed by atoms with E-state index in [1.165, 1.54) is 12.1 Å². The minimum absolute atomic E-state index is 0.0613. The van der Waals surface area contributed by atoms with Crippen molar-refractivity contribution in [2.75, 3.05) is 6.61 Å². The van der Waals surface area contributed by atoms with Gasteiger partial charge in [-0.25, -0.2) is 9.59 Å². The molecule has 1 aliphatic rings. The SMILES string of the molecule is C[C@H](NC(=O)OCC1c2ccccc2-c2ccccc21)C(=O)NCc1cccc(C(=O)O)c1. The smallest absolute Gasteiger partial charge is 0.407 e. The van der Waals surface area contributed by atoms with E-state index >= 15 is 0 Å². The molecule has 0 saturated carbocycles. The first-order chi connectivity index (χ1) is 15.9. The van der Waals surface area contributed by atoms with Crippen LogP contribution >= 0.6 is 0 Å². The van der Waals surface area contributed by atoms with Crippen LogP contribution in [-0.2, 0) is 16.1 Å². The number of amides is 2. The minimum Gasteiger partial charge on any atom is -0.478 e. The van der Waals surface area contributed by atoms with Crippen molar-refractivity contribution in [3.63, 3.8) is 0 Å². The zero-order chi connectivity index (χ0) is 23.4. The Labute approximate surface area is 191 Å². The molecule has 0 saturated heterocycles. The van der Waals surface area contributed by atoms with E-state index in [0.29, 0.717) is 5.56 Å². The summed E-state index contributed by atoms with van der Waals surface area (Å²) in [6.07, 6.45) is -0.674. The molecule has 0 unspecified atom stereocenters. The maximum Gasteiger partial charge on any atom is 0.407 e. The lowest BCUT2D eigenvalue weighted by atomic mass is 9.98. The summed E-state index contributed by atoms with van der Waals surface area (Å²) in [7, 11) is 0. The molecule has 168 valence electrons. The Morgan fingerprint density at radius 2 is 1.58 bits per heavy atom. The van der Waals surface area contributed by atoms with E-state index in [4.69, 9.17) is 9.84 Å². The lowest BCUT2D eigenvalue weighted by Crippen LogP contribution is -2.45. The second-order valence-corrected chi connectivity index (χ2v) is 7.91. The third-order valence-corrected chi connectivity index (χ3v) is 5.71. The number of hydrogen-bond acceptors (Lipinski definition) is 4. The Kier molecular flexibility index (Phi) is 6.40. The Bertz CT molecular complexity index is 1160. The number of carboxylic acids is 1. The van der Waals surface area contributed by atoms with Crippen molar-refractivity contribution < 1.29 is 24.2 Å². The lowest BCUT2D eigenvalue weighted by molar-refractivity contribution is -0.122. The molecule has 3 aromatic carbocycles. The molecule has 7 heteroatoms. The van der Waals surface area contributed by atoms with Gasteiger partial charge < -0.3 is 20.5 Å². The summed E-state index contributed by atoms with van der Waals surface area (Å²) in [5, 5.41) is 14.3. The van der Waals surface area contributed by atoms with E-state index in [0.717, 1.165) is 22.3 Å². The van der Waals surface area contributed by atoms with Gasteiger partial charge in [0.1, 0.15) is 12.6 Å². The number of alkyl carbamates (subject to hydrolysis) is 1. The number of carboxylic acid groups (broad SMARTS) is 1. The predicted molar refractivity (Wildman–Crippen MR) is 123 cm³/mol. The van der Waals surface area contributed by atoms with Crippen molar-refractivity contribution >= 4 is 18.0 Å². The highest BCUT2D eigenvalue weighted by Crippen LogP contribution is 2.44. The molecule has 0 aliphatic heterocycles. The van der Waals surface area contributed by atoms with Crippen LogP contribution in [0.15, 0.2) is 72.8 Å². The van der Waals surface area contributed by atoms with Gasteiger partial charge >= 0.3 is 12.1 Å². The fourth-order valence-corrected chi connectivity index (χ4v) is 4.04. The van der Waals surface area contributed by atoms with Crippen LogP contribution in [-0.4, -0.2) is 35.7 Å². The van der Waals surface area contributed by atoms with Crippen molar-refractivity contribution in [1.82, 2.24) is 10.6 Å². The Morgan fingerprint density at radius 1 is 0.939 bits per heavy atom. The van der Waals surface area contributed by atoms with Gasteiger partial charge in [-0.3, -0.25) is 4.79 Å². The molecule has 0 heterocycles. The van der Waals surface area contributed by atoms with Crippen molar-refractivity contribution in [2.45, 2.75) is 25.4 Å². The molecule has 3 N–H and O–H groups in total. The number of fused-ring (bicyclic) bond motifs is 3. The highest BCUT2D eigenvalue weighted by molar-refractivity contribution is 5.88. The van der Waals surface area contributed by atoms with E-state index in [9.17, 15) is 14.4 Å². The number of hydrogen-bond donors (Lipinski definition) is 3. The third kappa shape index (κ3) is 4.87. The van der Waals surface area contributed by atoms with Gasteiger partial charge in [0.25, 0.3) is 0 Å². The van der Waals surface area contributed by atoms with E-state index in [1.807, 2.05) is 36.4 Å². The molecule has 0 fully saturated rings. The first-order valence-corrected chi connectivity index (χ1v) is 10.7. The molecule has 0 bridgehead atoms. The molecule has 1 aliphatic carbocycles. The van der Waals surface area contributed by atoms with Gasteiger partial charge in [-0.2, -0.15) is 0 Å². The molecule has 33 heavy (non-hydrogen) atoms. The van der Waals surface area contributed by atoms with Gasteiger partial charge in [-0.05, 0) is 46.9 Å². The van der Waals surface area contributed by atoms with Crippen LogP contribution in [0.5, 0.6) is 0 Å². The summed E-state index contributed by atoms with van der Waals surface area (Å²) in [6, 6.07) is 21.6. The van der Waals surface area contributed by atoms with Crippen LogP contribution in [0.25, 0.3) is 11.1 Å². The van der Waals surface area contributed by atoms with Gasteiger partial charge in [-0.1, -0.05) is 60.7 Å². The molecule has 3 aromatic rings. The molecular weight excluding hydrogens is 420 g/mol. The predicted octanol–water partition coefficient (Wildman–Crippen LogP) is 3.93. The van der Waals surface area contributed by atoms with E-state index in [-0.39, 0.29) is 24.6 Å². The molecule has 0 spiro atoms. The van der Waals surface area contributed by atoms with Crippen molar-refractivity contribution in [3.05, 3.63) is 95.1 Å². The summed E-state index contributed by atoms with van der Waals surface area (Å²) in [5.41, 5.74) is 5.30. The Morgan fingerprint density at radius 3 is 2.21 bits per heavy atom. The first-order valence-electron chi connectivity index (χ1n) is 10.7. The summed E-state index contributed by atoms with van der Waals surface area (Å²) in [5.74, 6) is -1.49. The standard InChI is InChI=1S/C26H24N2O5/c1-16(24(29)27-14-17-7-6-8-18(13-17)25(30)31)28-26(32)33-15-23-21-11-4-2-9-19(21)20-10-3-5-12-22(20)23/h2-13,16,23H,14-15H2,1H3,(H,27,29)(H,28,32)(H,30,31)/t16-/m0/s1. The van der Waals surface area contributed by atoms with E-state index in [1.54, 1.807) is 19.1 Å². The second-order valence-electron chi connectivity index (χ2n) is 7.91. The van der Waals surface area contributed by atoms with Gasteiger partial charge in [0.2, 0.25) is 5.91 Å². The Hall–Kier alpha value is -4.13. The average Bonchev–Trinajstić information content (AvgIpc) is 3.15. The van der Waals surface area contributed by atoms with Crippen LogP contribution < -0.4 is 10.6 Å². The summed E-state index contributed by atoms with van der Waals surface area (Å²) < 4.78 is 5.47. The third-order valence-electron chi connectivity index (χ3n) is 5.71. The quantitative estimate of drug-likeness (QED) is 0.512. The number of ether oxygens (including phenoxy) is 1. The number of rotatable bonds is 7. The summed E-state index contributed by atoms with van der Waals surface area (Å²) >= 11 is 0. The largest absolute Gasteiger partial charge is 0.478 e. The average molecular weight is 444 g/mol. The molecule has 4 rings (SSSR count). The van der Waals surface area contributed by atoms with E-state index in [2.05, 4.69) is 22.8 Å². The zero-order valence-electron chi connectivity index (χ0n) is 18.1. The highest BCUT2D eigenvalue weighted by Gasteiger charge is 2.29. The molecular formula is C26H24N2O5. The molecule has 1 atom stereocenters. The van der Waals surface area contributed by atoms with Gasteiger partial charge in [0.05, 0.1) is 5.56 Å². The fraction of sp³-hybridized carbons (Fsp3) is 0.192. The van der Waals surface area contributed by atoms with Gasteiger partial charge in [-0.15, -0.1) is 0 Å². The minimum atomic E-state index is -1.03. The van der Waals surface area contributed by atoms with Crippen LogP contribution in [0, 0.1) is 0 Å². The second kappa shape index (κ2) is 9.56. The van der Waals surface area contributed by atoms with Crippen molar-refractivity contribution in [2.24, 2.45) is 0 Å². The van der Waals surface area contributed by atoms with E-state index < -0.39 is 24.0 Å². The van der Waals surface area contributed by atoms with Crippen LogP contribution in [0.4, 0.5) is 4.79 Å². The first kappa shape index (κ1) is 22.1. The maximum absolute atomic E-state index is 12.4. The van der Waals surface area contributed by atoms with Crippen LogP contribution in [0.3, 0.4) is 0 Å². The van der Waals surface area contributed by atoms with Crippen LogP contribution in [0.1, 0.15) is 39.9 Å². The molecule has 2 amide bonds. The van der Waals surface area contributed by atoms with Crippen molar-refractivity contribution in [1.29, 1.82) is 0 Å². The monoisotopic (exact) mass is 444 g/mol.